The van der Waals surface area contributed by atoms with Crippen molar-refractivity contribution in [3.8, 4) is 0 Å². The number of ether oxygens (including phenoxy) is 1. The number of rotatable bonds is 6. The van der Waals surface area contributed by atoms with Crippen LogP contribution in [0.2, 0.25) is 0 Å². The Bertz CT molecular complexity index is 901. The number of amides is 2. The molecule has 2 aliphatic heterocycles. The van der Waals surface area contributed by atoms with Gasteiger partial charge in [0.2, 0.25) is 0 Å². The van der Waals surface area contributed by atoms with Gasteiger partial charge in [0.05, 0.1) is 6.54 Å². The summed E-state index contributed by atoms with van der Waals surface area (Å²) in [5.74, 6) is 1.39. The molecule has 0 saturated carbocycles. The third-order valence-electron chi connectivity index (χ3n) is 6.03. The summed E-state index contributed by atoms with van der Waals surface area (Å²) < 4.78 is 4.95. The Balaban J connectivity index is 1.28. The normalized spacial score (nSPS) is 21.7. The molecule has 0 aromatic heterocycles. The molecule has 2 atom stereocenters. The molecule has 2 aliphatic rings. The molecule has 0 radical (unpaired) electrons. The number of hydrogen-bond acceptors (Lipinski definition) is 4. The van der Waals surface area contributed by atoms with Crippen LogP contribution in [0.25, 0.3) is 0 Å². The fourth-order valence-corrected chi connectivity index (χ4v) is 4.65. The van der Waals surface area contributed by atoms with Crippen LogP contribution in [0.1, 0.15) is 41.8 Å². The molecule has 1 N–H and O–H groups in total. The van der Waals surface area contributed by atoms with E-state index in [4.69, 9.17) is 4.74 Å². The van der Waals surface area contributed by atoms with Gasteiger partial charge in [-0.25, -0.2) is 4.79 Å². The number of hydrogen-bond donors (Lipinski definition) is 1. The van der Waals surface area contributed by atoms with Crippen molar-refractivity contribution in [2.45, 2.75) is 33.4 Å². The number of carbonyl (C=O) groups excluding carboxylic acids is 2. The highest BCUT2D eigenvalue weighted by atomic mass is 16.6. The minimum absolute atomic E-state index is 0.129. The molecule has 2 fully saturated rings. The van der Waals surface area contributed by atoms with Gasteiger partial charge in [0, 0.05) is 37.4 Å². The Kier molecular flexibility index (Phi) is 6.56. The smallest absolute Gasteiger partial charge is 0.414 e. The molecule has 2 unspecified atom stereocenters. The van der Waals surface area contributed by atoms with Crippen LogP contribution < -0.4 is 10.2 Å². The third kappa shape index (κ3) is 5.44. The molecular formula is C25H31N3O3. The number of carbonyl (C=O) groups is 2. The first-order chi connectivity index (χ1) is 15.0. The Labute approximate surface area is 184 Å². The summed E-state index contributed by atoms with van der Waals surface area (Å²) in [7, 11) is 0. The van der Waals surface area contributed by atoms with Crippen LogP contribution in [0.3, 0.4) is 0 Å². The molecule has 2 aromatic carbocycles. The van der Waals surface area contributed by atoms with E-state index in [0.29, 0.717) is 25.3 Å². The number of nitrogens with zero attached hydrogens (tertiary/aromatic N) is 2. The van der Waals surface area contributed by atoms with E-state index in [2.05, 4.69) is 48.3 Å². The first-order valence-electron chi connectivity index (χ1n) is 11.1. The highest BCUT2D eigenvalue weighted by Crippen LogP contribution is 2.23. The summed E-state index contributed by atoms with van der Waals surface area (Å²) in [5, 5.41) is 2.97. The summed E-state index contributed by atoms with van der Waals surface area (Å²) in [6.07, 6.45) is 0.979. The van der Waals surface area contributed by atoms with Crippen LogP contribution in [-0.2, 0) is 17.8 Å². The fourth-order valence-electron chi connectivity index (χ4n) is 4.65. The summed E-state index contributed by atoms with van der Waals surface area (Å²) in [6, 6.07) is 15.5. The lowest BCUT2D eigenvalue weighted by Gasteiger charge is -2.35. The van der Waals surface area contributed by atoms with Gasteiger partial charge in [-0.1, -0.05) is 38.1 Å². The number of benzene rings is 2. The molecule has 6 nitrogen and oxygen atoms in total. The highest BCUT2D eigenvalue weighted by Gasteiger charge is 2.24. The number of piperidine rings is 1. The van der Waals surface area contributed by atoms with Crippen LogP contribution in [0.4, 0.5) is 10.5 Å². The zero-order chi connectivity index (χ0) is 21.8. The van der Waals surface area contributed by atoms with E-state index in [0.717, 1.165) is 29.6 Å². The predicted molar refractivity (Wildman–Crippen MR) is 121 cm³/mol. The van der Waals surface area contributed by atoms with Gasteiger partial charge in [0.25, 0.3) is 5.91 Å². The van der Waals surface area contributed by atoms with Crippen molar-refractivity contribution in [2.75, 3.05) is 31.1 Å². The highest BCUT2D eigenvalue weighted by molar-refractivity contribution is 5.95. The second kappa shape index (κ2) is 9.52. The maximum atomic E-state index is 12.5. The molecule has 0 aliphatic carbocycles. The minimum Gasteiger partial charge on any atom is -0.447 e. The topological polar surface area (TPSA) is 61.9 Å². The number of likely N-dealkylation sites (tertiary alicyclic amines) is 1. The van der Waals surface area contributed by atoms with Crippen LogP contribution >= 0.6 is 0 Å². The van der Waals surface area contributed by atoms with Crippen molar-refractivity contribution in [3.05, 3.63) is 65.2 Å². The zero-order valence-corrected chi connectivity index (χ0v) is 18.3. The standard InChI is InChI=1S/C25H31N3O3/c1-18-13-19(2)16-27(15-18)17-21-5-3-20(4-6-21)14-26-24(29)22-7-9-23(10-8-22)28-11-12-31-25(28)30/h3-10,18-19H,11-17H2,1-2H3,(H,26,29). The van der Waals surface area contributed by atoms with Gasteiger partial charge >= 0.3 is 6.09 Å². The van der Waals surface area contributed by atoms with Crippen molar-refractivity contribution >= 4 is 17.7 Å². The van der Waals surface area contributed by atoms with Gasteiger partial charge in [-0.15, -0.1) is 0 Å². The van der Waals surface area contributed by atoms with Crippen molar-refractivity contribution in [2.24, 2.45) is 11.8 Å². The first kappa shape index (κ1) is 21.4. The van der Waals surface area contributed by atoms with Gasteiger partial charge in [-0.2, -0.15) is 0 Å². The molecule has 2 amide bonds. The van der Waals surface area contributed by atoms with E-state index < -0.39 is 0 Å². The second-order valence-corrected chi connectivity index (χ2v) is 8.95. The summed E-state index contributed by atoms with van der Waals surface area (Å²) in [4.78, 5) is 28.2. The average Bonchev–Trinajstić information content (AvgIpc) is 3.18. The molecule has 6 heteroatoms. The molecule has 0 bridgehead atoms. The number of anilines is 1. The number of cyclic esters (lactones) is 1. The second-order valence-electron chi connectivity index (χ2n) is 8.95. The van der Waals surface area contributed by atoms with Gasteiger partial charge in [-0.3, -0.25) is 14.6 Å². The van der Waals surface area contributed by atoms with E-state index in [1.807, 2.05) is 0 Å². The Hall–Kier alpha value is -2.86. The number of nitrogens with one attached hydrogen (secondary N) is 1. The third-order valence-corrected chi connectivity index (χ3v) is 6.03. The molecule has 164 valence electrons. The molecule has 4 rings (SSSR count). The van der Waals surface area contributed by atoms with E-state index in [1.165, 1.54) is 25.1 Å². The van der Waals surface area contributed by atoms with Crippen LogP contribution in [0.5, 0.6) is 0 Å². The summed E-state index contributed by atoms with van der Waals surface area (Å²) in [6.45, 7) is 9.41. The van der Waals surface area contributed by atoms with E-state index in [9.17, 15) is 9.59 Å². The van der Waals surface area contributed by atoms with Crippen LogP contribution in [-0.4, -0.2) is 43.1 Å². The lowest BCUT2D eigenvalue weighted by atomic mass is 9.91. The molecular weight excluding hydrogens is 390 g/mol. The Morgan fingerprint density at radius 3 is 2.26 bits per heavy atom. The molecule has 2 aromatic rings. The average molecular weight is 422 g/mol. The predicted octanol–water partition coefficient (Wildman–Crippen LogP) is 4.05. The Morgan fingerprint density at radius 1 is 1.00 bits per heavy atom. The largest absolute Gasteiger partial charge is 0.447 e. The van der Waals surface area contributed by atoms with Crippen molar-refractivity contribution < 1.29 is 14.3 Å². The van der Waals surface area contributed by atoms with Crippen molar-refractivity contribution in [1.29, 1.82) is 0 Å². The maximum Gasteiger partial charge on any atom is 0.414 e. The van der Waals surface area contributed by atoms with E-state index in [-0.39, 0.29) is 12.0 Å². The maximum absolute atomic E-state index is 12.5. The zero-order valence-electron chi connectivity index (χ0n) is 18.3. The Morgan fingerprint density at radius 2 is 1.65 bits per heavy atom. The molecule has 31 heavy (non-hydrogen) atoms. The van der Waals surface area contributed by atoms with Crippen LogP contribution in [0, 0.1) is 11.8 Å². The van der Waals surface area contributed by atoms with Gasteiger partial charge < -0.3 is 10.1 Å². The SMILES string of the molecule is CC1CC(C)CN(Cc2ccc(CNC(=O)c3ccc(N4CCOC4=O)cc3)cc2)C1. The van der Waals surface area contributed by atoms with Crippen LogP contribution in [0.15, 0.2) is 48.5 Å². The molecule has 0 spiro atoms. The van der Waals surface area contributed by atoms with Gasteiger partial charge in [-0.05, 0) is 53.6 Å². The fraction of sp³-hybridized carbons (Fsp3) is 0.440. The van der Waals surface area contributed by atoms with E-state index >= 15 is 0 Å². The lowest BCUT2D eigenvalue weighted by molar-refractivity contribution is 0.0951. The summed E-state index contributed by atoms with van der Waals surface area (Å²) in [5.41, 5.74) is 3.70. The van der Waals surface area contributed by atoms with Crippen molar-refractivity contribution in [3.63, 3.8) is 0 Å². The monoisotopic (exact) mass is 421 g/mol. The van der Waals surface area contributed by atoms with E-state index in [1.54, 1.807) is 29.2 Å². The quantitative estimate of drug-likeness (QED) is 0.764. The minimum atomic E-state index is -0.343. The van der Waals surface area contributed by atoms with Gasteiger partial charge in [0.1, 0.15) is 6.61 Å². The lowest BCUT2D eigenvalue weighted by Crippen LogP contribution is -2.38. The van der Waals surface area contributed by atoms with Crippen molar-refractivity contribution in [1.82, 2.24) is 10.2 Å². The summed E-state index contributed by atoms with van der Waals surface area (Å²) >= 11 is 0. The molecule has 2 saturated heterocycles. The molecule has 2 heterocycles. The van der Waals surface area contributed by atoms with Gasteiger partial charge in [0.15, 0.2) is 0 Å². The first-order valence-corrected chi connectivity index (χ1v) is 11.1.